The van der Waals surface area contributed by atoms with Crippen LogP contribution >= 0.6 is 0 Å². The van der Waals surface area contributed by atoms with E-state index in [-0.39, 0.29) is 5.91 Å². The molecule has 2 aromatic heterocycles. The van der Waals surface area contributed by atoms with Gasteiger partial charge in [-0.25, -0.2) is 4.98 Å². The lowest BCUT2D eigenvalue weighted by atomic mass is 9.88. The van der Waals surface area contributed by atoms with E-state index in [9.17, 15) is 4.79 Å². The molecule has 0 spiro atoms. The predicted molar refractivity (Wildman–Crippen MR) is 110 cm³/mol. The van der Waals surface area contributed by atoms with Crippen LogP contribution in [0.2, 0.25) is 0 Å². The molecule has 1 fully saturated rings. The summed E-state index contributed by atoms with van der Waals surface area (Å²) in [5.41, 5.74) is 4.85. The van der Waals surface area contributed by atoms with Gasteiger partial charge in [0, 0.05) is 43.5 Å². The van der Waals surface area contributed by atoms with Crippen molar-refractivity contribution in [2.75, 3.05) is 38.2 Å². The van der Waals surface area contributed by atoms with Gasteiger partial charge >= 0.3 is 0 Å². The van der Waals surface area contributed by atoms with Crippen molar-refractivity contribution >= 4 is 11.7 Å². The van der Waals surface area contributed by atoms with Crippen LogP contribution in [0, 0.1) is 0 Å². The van der Waals surface area contributed by atoms with E-state index in [1.807, 2.05) is 35.2 Å². The number of amides is 1. The Morgan fingerprint density at radius 2 is 1.97 bits per heavy atom. The number of fused-ring (bicyclic) bond motifs is 3. The molecule has 1 amide bonds. The van der Waals surface area contributed by atoms with E-state index in [2.05, 4.69) is 26.1 Å². The van der Waals surface area contributed by atoms with Crippen LogP contribution in [0.15, 0.2) is 42.6 Å². The van der Waals surface area contributed by atoms with Crippen molar-refractivity contribution < 1.29 is 9.53 Å². The molecule has 1 aliphatic carbocycles. The van der Waals surface area contributed by atoms with Crippen LogP contribution in [0.5, 0.6) is 5.75 Å². The summed E-state index contributed by atoms with van der Waals surface area (Å²) in [5, 5.41) is 7.53. The highest BCUT2D eigenvalue weighted by molar-refractivity contribution is 5.96. The van der Waals surface area contributed by atoms with Gasteiger partial charge in [-0.2, -0.15) is 5.10 Å². The first-order valence-corrected chi connectivity index (χ1v) is 9.94. The van der Waals surface area contributed by atoms with Gasteiger partial charge in [0.05, 0.1) is 12.8 Å². The predicted octanol–water partition coefficient (Wildman–Crippen LogP) is 2.54. The monoisotopic (exact) mass is 389 g/mol. The second-order valence-corrected chi connectivity index (χ2v) is 7.42. The van der Waals surface area contributed by atoms with Crippen LogP contribution in [0.1, 0.15) is 21.6 Å². The Labute approximate surface area is 169 Å². The Morgan fingerprint density at radius 3 is 2.72 bits per heavy atom. The topological polar surface area (TPSA) is 74.3 Å². The summed E-state index contributed by atoms with van der Waals surface area (Å²) in [6.07, 6.45) is 3.49. The Morgan fingerprint density at radius 1 is 1.10 bits per heavy atom. The quantitative estimate of drug-likeness (QED) is 0.745. The zero-order valence-corrected chi connectivity index (χ0v) is 16.4. The van der Waals surface area contributed by atoms with Crippen molar-refractivity contribution in [1.82, 2.24) is 20.1 Å². The number of H-pyrrole nitrogens is 1. The van der Waals surface area contributed by atoms with Crippen molar-refractivity contribution in [2.45, 2.75) is 12.8 Å². The summed E-state index contributed by atoms with van der Waals surface area (Å²) in [5.74, 6) is 1.85. The number of piperazine rings is 1. The van der Waals surface area contributed by atoms with Crippen LogP contribution in [0.4, 0.5) is 5.82 Å². The van der Waals surface area contributed by atoms with E-state index in [1.165, 1.54) is 5.56 Å². The van der Waals surface area contributed by atoms with E-state index in [4.69, 9.17) is 4.74 Å². The summed E-state index contributed by atoms with van der Waals surface area (Å²) >= 11 is 0. The molecule has 1 aromatic carbocycles. The molecule has 5 rings (SSSR count). The standard InChI is InChI=1S/C22H23N5O2/c1-29-16-6-8-17-15(14-16)5-7-18-20(17)24-25-21(18)22(28)27-12-10-26(11-13-27)19-4-2-3-9-23-19/h2-4,6,8-9,14H,5,7,10-13H2,1H3,(H,24,25). The fourth-order valence-corrected chi connectivity index (χ4v) is 4.24. The van der Waals surface area contributed by atoms with Gasteiger partial charge in [-0.3, -0.25) is 9.89 Å². The van der Waals surface area contributed by atoms with Gasteiger partial charge in [0.25, 0.3) is 5.91 Å². The average Bonchev–Trinajstić information content (AvgIpc) is 3.23. The number of aromatic nitrogens is 3. The summed E-state index contributed by atoms with van der Waals surface area (Å²) in [6, 6.07) is 12.0. The van der Waals surface area contributed by atoms with Crippen molar-refractivity contribution in [3.05, 3.63) is 59.4 Å². The second kappa shape index (κ2) is 7.24. The molecule has 7 nitrogen and oxygen atoms in total. The number of carbonyl (C=O) groups is 1. The van der Waals surface area contributed by atoms with Gasteiger partial charge < -0.3 is 14.5 Å². The Balaban J connectivity index is 1.34. The lowest BCUT2D eigenvalue weighted by Crippen LogP contribution is -2.49. The number of aryl methyl sites for hydroxylation is 1. The van der Waals surface area contributed by atoms with Crippen LogP contribution in [-0.4, -0.2) is 59.3 Å². The number of anilines is 1. The summed E-state index contributed by atoms with van der Waals surface area (Å²) < 4.78 is 5.33. The maximum Gasteiger partial charge on any atom is 0.272 e. The molecular weight excluding hydrogens is 366 g/mol. The number of benzene rings is 1. The minimum absolute atomic E-state index is 0.0383. The first kappa shape index (κ1) is 17.7. The van der Waals surface area contributed by atoms with E-state index < -0.39 is 0 Å². The molecule has 3 heterocycles. The molecule has 1 aliphatic heterocycles. The number of ether oxygens (including phenoxy) is 1. The summed E-state index contributed by atoms with van der Waals surface area (Å²) in [4.78, 5) is 21.7. The Bertz CT molecular complexity index is 1040. The van der Waals surface area contributed by atoms with Crippen LogP contribution in [0.3, 0.4) is 0 Å². The van der Waals surface area contributed by atoms with Gasteiger partial charge in [0.2, 0.25) is 0 Å². The van der Waals surface area contributed by atoms with Crippen LogP contribution in [0.25, 0.3) is 11.3 Å². The normalized spacial score (nSPS) is 15.6. The molecule has 0 bridgehead atoms. The van der Waals surface area contributed by atoms with Crippen molar-refractivity contribution in [1.29, 1.82) is 0 Å². The van der Waals surface area contributed by atoms with Crippen molar-refractivity contribution in [3.63, 3.8) is 0 Å². The third kappa shape index (κ3) is 3.12. The third-order valence-corrected chi connectivity index (χ3v) is 5.83. The van der Waals surface area contributed by atoms with Crippen LogP contribution < -0.4 is 9.64 Å². The molecule has 7 heteroatoms. The molecular formula is C22H23N5O2. The molecule has 0 radical (unpaired) electrons. The highest BCUT2D eigenvalue weighted by Gasteiger charge is 2.29. The van der Waals surface area contributed by atoms with E-state index in [0.717, 1.165) is 54.3 Å². The molecule has 0 saturated carbocycles. The minimum atomic E-state index is 0.0383. The smallest absolute Gasteiger partial charge is 0.272 e. The Hall–Kier alpha value is -3.35. The number of nitrogens with zero attached hydrogens (tertiary/aromatic N) is 4. The largest absolute Gasteiger partial charge is 0.497 e. The molecule has 1 N–H and O–H groups in total. The highest BCUT2D eigenvalue weighted by Crippen LogP contribution is 2.35. The number of hydrogen-bond donors (Lipinski definition) is 1. The van der Waals surface area contributed by atoms with Crippen molar-refractivity contribution in [2.24, 2.45) is 0 Å². The van der Waals surface area contributed by atoms with Crippen LogP contribution in [-0.2, 0) is 12.8 Å². The fraction of sp³-hybridized carbons (Fsp3) is 0.318. The molecule has 0 atom stereocenters. The summed E-state index contributed by atoms with van der Waals surface area (Å²) in [7, 11) is 1.68. The zero-order valence-electron chi connectivity index (χ0n) is 16.4. The number of aromatic amines is 1. The molecule has 0 unspecified atom stereocenters. The van der Waals surface area contributed by atoms with E-state index >= 15 is 0 Å². The van der Waals surface area contributed by atoms with Gasteiger partial charge in [-0.05, 0) is 48.7 Å². The number of pyridine rings is 1. The molecule has 2 aliphatic rings. The lowest BCUT2D eigenvalue weighted by molar-refractivity contribution is 0.0739. The van der Waals surface area contributed by atoms with Gasteiger partial charge in [0.1, 0.15) is 17.3 Å². The average molecular weight is 389 g/mol. The second-order valence-electron chi connectivity index (χ2n) is 7.42. The van der Waals surface area contributed by atoms with Crippen molar-refractivity contribution in [3.8, 4) is 17.0 Å². The number of nitrogens with one attached hydrogen (secondary N) is 1. The Kier molecular flexibility index (Phi) is 4.42. The van der Waals surface area contributed by atoms with Gasteiger partial charge in [-0.15, -0.1) is 0 Å². The van der Waals surface area contributed by atoms with Gasteiger partial charge in [-0.1, -0.05) is 6.07 Å². The number of carbonyl (C=O) groups excluding carboxylic acids is 1. The SMILES string of the molecule is COc1ccc2c(c1)CCc1c-2n[nH]c1C(=O)N1CCN(c2ccccn2)CC1. The summed E-state index contributed by atoms with van der Waals surface area (Å²) in [6.45, 7) is 2.91. The maximum atomic E-state index is 13.2. The number of rotatable bonds is 3. The highest BCUT2D eigenvalue weighted by atomic mass is 16.5. The molecule has 148 valence electrons. The lowest BCUT2D eigenvalue weighted by Gasteiger charge is -2.35. The molecule has 1 saturated heterocycles. The number of methoxy groups -OCH3 is 1. The maximum absolute atomic E-state index is 13.2. The van der Waals surface area contributed by atoms with E-state index in [1.54, 1.807) is 13.3 Å². The minimum Gasteiger partial charge on any atom is -0.497 e. The fourth-order valence-electron chi connectivity index (χ4n) is 4.24. The number of hydrogen-bond acceptors (Lipinski definition) is 5. The van der Waals surface area contributed by atoms with Gasteiger partial charge in [0.15, 0.2) is 0 Å². The first-order valence-electron chi connectivity index (χ1n) is 9.94. The van der Waals surface area contributed by atoms with E-state index in [0.29, 0.717) is 18.8 Å². The first-order chi connectivity index (χ1) is 14.2. The molecule has 3 aromatic rings. The third-order valence-electron chi connectivity index (χ3n) is 5.83. The molecule has 29 heavy (non-hydrogen) atoms. The zero-order chi connectivity index (χ0) is 19.8.